The van der Waals surface area contributed by atoms with Gasteiger partial charge in [-0.2, -0.15) is 0 Å². The number of halogens is 3. The standard InChI is InChI=1S/C9H3ClFIO2S/c10-6-5-3(11)1-2-4(12)7(5)15-8(6)9(13)14/h1-2H,(H,13,14). The Morgan fingerprint density at radius 1 is 1.53 bits per heavy atom. The Hall–Kier alpha value is -0.400. The van der Waals surface area contributed by atoms with E-state index in [1.807, 2.05) is 22.6 Å². The van der Waals surface area contributed by atoms with E-state index in [0.29, 0.717) is 4.70 Å². The summed E-state index contributed by atoms with van der Waals surface area (Å²) in [5.74, 6) is -1.62. The van der Waals surface area contributed by atoms with Crippen molar-refractivity contribution in [3.05, 3.63) is 31.4 Å². The first-order chi connectivity index (χ1) is 7.02. The number of hydrogen-bond donors (Lipinski definition) is 1. The summed E-state index contributed by atoms with van der Waals surface area (Å²) in [5, 5.41) is 9.03. The van der Waals surface area contributed by atoms with Crippen molar-refractivity contribution in [3.8, 4) is 0 Å². The topological polar surface area (TPSA) is 37.3 Å². The van der Waals surface area contributed by atoms with Gasteiger partial charge in [-0.15, -0.1) is 11.3 Å². The summed E-state index contributed by atoms with van der Waals surface area (Å²) in [6.45, 7) is 0. The van der Waals surface area contributed by atoms with Gasteiger partial charge in [0.25, 0.3) is 0 Å². The van der Waals surface area contributed by atoms with E-state index in [0.717, 1.165) is 14.9 Å². The van der Waals surface area contributed by atoms with Gasteiger partial charge >= 0.3 is 5.97 Å². The summed E-state index contributed by atoms with van der Waals surface area (Å²) in [6, 6.07) is 2.88. The molecule has 0 amide bonds. The average Bonchev–Trinajstić information content (AvgIpc) is 2.51. The smallest absolute Gasteiger partial charge is 0.347 e. The normalized spacial score (nSPS) is 10.9. The minimum Gasteiger partial charge on any atom is -0.477 e. The molecule has 0 aliphatic carbocycles. The molecule has 15 heavy (non-hydrogen) atoms. The van der Waals surface area contributed by atoms with Gasteiger partial charge in [-0.1, -0.05) is 11.6 Å². The number of fused-ring (bicyclic) bond motifs is 1. The lowest BCUT2D eigenvalue weighted by molar-refractivity contribution is 0.0702. The second-order valence-corrected chi connectivity index (χ2v) is 5.34. The Balaban J connectivity index is 2.93. The minimum absolute atomic E-state index is 0.0153. The van der Waals surface area contributed by atoms with Gasteiger partial charge in [-0.05, 0) is 34.7 Å². The Morgan fingerprint density at radius 2 is 2.20 bits per heavy atom. The fourth-order valence-corrected chi connectivity index (χ4v) is 3.40. The molecule has 2 nitrogen and oxygen atoms in total. The molecule has 1 aromatic carbocycles. The summed E-state index contributed by atoms with van der Waals surface area (Å²) >= 11 is 8.83. The Bertz CT molecular complexity index is 567. The lowest BCUT2D eigenvalue weighted by atomic mass is 10.2. The van der Waals surface area contributed by atoms with Crippen molar-refractivity contribution < 1.29 is 14.3 Å². The zero-order chi connectivity index (χ0) is 11.2. The number of carboxylic acid groups (broad SMARTS) is 1. The molecule has 0 radical (unpaired) electrons. The second-order valence-electron chi connectivity index (χ2n) is 2.78. The third-order valence-electron chi connectivity index (χ3n) is 1.88. The van der Waals surface area contributed by atoms with Crippen molar-refractivity contribution >= 4 is 61.6 Å². The monoisotopic (exact) mass is 356 g/mol. The molecule has 1 N–H and O–H groups in total. The molecule has 0 bridgehead atoms. The summed E-state index contributed by atoms with van der Waals surface area (Å²) in [5.41, 5.74) is 0. The van der Waals surface area contributed by atoms with Gasteiger partial charge in [0.2, 0.25) is 0 Å². The van der Waals surface area contributed by atoms with Crippen LogP contribution < -0.4 is 0 Å². The molecule has 1 heterocycles. The third kappa shape index (κ3) is 1.72. The number of benzene rings is 1. The van der Waals surface area contributed by atoms with Crippen molar-refractivity contribution in [2.75, 3.05) is 0 Å². The van der Waals surface area contributed by atoms with E-state index in [2.05, 4.69) is 0 Å². The van der Waals surface area contributed by atoms with Crippen LogP contribution in [0, 0.1) is 9.39 Å². The molecule has 0 spiro atoms. The largest absolute Gasteiger partial charge is 0.477 e. The lowest BCUT2D eigenvalue weighted by Crippen LogP contribution is -1.91. The predicted molar refractivity (Wildman–Crippen MR) is 66.5 cm³/mol. The van der Waals surface area contributed by atoms with Crippen LogP contribution in [0.2, 0.25) is 5.02 Å². The van der Waals surface area contributed by atoms with E-state index < -0.39 is 11.8 Å². The molecule has 0 saturated heterocycles. The molecule has 0 aliphatic rings. The first-order valence-electron chi connectivity index (χ1n) is 3.81. The molecule has 78 valence electrons. The molecule has 0 aliphatic heterocycles. The number of carboxylic acids is 1. The number of aromatic carboxylic acids is 1. The number of carbonyl (C=O) groups is 1. The molecule has 2 rings (SSSR count). The summed E-state index contributed by atoms with van der Waals surface area (Å²) in [6.07, 6.45) is 0. The molecule has 0 saturated carbocycles. The third-order valence-corrected chi connectivity index (χ3v) is 4.84. The molecule has 0 atom stereocenters. The average molecular weight is 357 g/mol. The van der Waals surface area contributed by atoms with E-state index in [-0.39, 0.29) is 15.3 Å². The second kappa shape index (κ2) is 3.88. The molecule has 0 fully saturated rings. The molecular formula is C9H3ClFIO2S. The zero-order valence-electron chi connectivity index (χ0n) is 7.05. The van der Waals surface area contributed by atoms with Crippen molar-refractivity contribution in [2.24, 2.45) is 0 Å². The predicted octanol–water partition coefficient (Wildman–Crippen LogP) is 4.00. The SMILES string of the molecule is O=C(O)c1sc2c(I)ccc(F)c2c1Cl. The Labute approximate surface area is 107 Å². The number of thiophene rings is 1. The summed E-state index contributed by atoms with van der Waals surface area (Å²) < 4.78 is 14.8. The molecule has 2 aromatic rings. The van der Waals surface area contributed by atoms with Gasteiger partial charge in [0.05, 0.1) is 9.72 Å². The highest BCUT2D eigenvalue weighted by molar-refractivity contribution is 14.1. The van der Waals surface area contributed by atoms with Gasteiger partial charge in [0.1, 0.15) is 10.7 Å². The fourth-order valence-electron chi connectivity index (χ4n) is 1.24. The van der Waals surface area contributed by atoms with E-state index in [1.165, 1.54) is 6.07 Å². The summed E-state index contributed by atoms with van der Waals surface area (Å²) in [7, 11) is 0. The quantitative estimate of drug-likeness (QED) is 0.784. The first kappa shape index (κ1) is 11.1. The Kier molecular flexibility index (Phi) is 2.87. The van der Waals surface area contributed by atoms with Gasteiger partial charge in [-0.3, -0.25) is 0 Å². The van der Waals surface area contributed by atoms with Crippen LogP contribution in [0.25, 0.3) is 10.1 Å². The van der Waals surface area contributed by atoms with Crippen molar-refractivity contribution in [2.45, 2.75) is 0 Å². The highest BCUT2D eigenvalue weighted by Gasteiger charge is 2.20. The lowest BCUT2D eigenvalue weighted by Gasteiger charge is -1.95. The first-order valence-corrected chi connectivity index (χ1v) is 6.09. The fraction of sp³-hybridized carbons (Fsp3) is 0. The maximum atomic E-state index is 13.4. The van der Waals surface area contributed by atoms with E-state index in [9.17, 15) is 9.18 Å². The van der Waals surface area contributed by atoms with E-state index >= 15 is 0 Å². The van der Waals surface area contributed by atoms with Crippen LogP contribution in [0.5, 0.6) is 0 Å². The van der Waals surface area contributed by atoms with Crippen LogP contribution in [0.4, 0.5) is 4.39 Å². The maximum absolute atomic E-state index is 13.4. The van der Waals surface area contributed by atoms with E-state index in [1.54, 1.807) is 6.07 Å². The van der Waals surface area contributed by atoms with Crippen LogP contribution >= 0.6 is 45.5 Å². The molecule has 0 unspecified atom stereocenters. The molecule has 6 heteroatoms. The highest BCUT2D eigenvalue weighted by Crippen LogP contribution is 2.39. The Morgan fingerprint density at radius 3 is 2.73 bits per heavy atom. The molecular weight excluding hydrogens is 354 g/mol. The highest BCUT2D eigenvalue weighted by atomic mass is 127. The molecule has 1 aromatic heterocycles. The van der Waals surface area contributed by atoms with Crippen molar-refractivity contribution in [3.63, 3.8) is 0 Å². The van der Waals surface area contributed by atoms with Gasteiger partial charge in [0.15, 0.2) is 0 Å². The van der Waals surface area contributed by atoms with Crippen molar-refractivity contribution in [1.82, 2.24) is 0 Å². The maximum Gasteiger partial charge on any atom is 0.347 e. The van der Waals surface area contributed by atoms with Crippen LogP contribution in [0.1, 0.15) is 9.67 Å². The van der Waals surface area contributed by atoms with Crippen LogP contribution in [-0.2, 0) is 0 Å². The van der Waals surface area contributed by atoms with Crippen molar-refractivity contribution in [1.29, 1.82) is 0 Å². The van der Waals surface area contributed by atoms with Gasteiger partial charge in [-0.25, -0.2) is 9.18 Å². The zero-order valence-corrected chi connectivity index (χ0v) is 10.8. The summed E-state index contributed by atoms with van der Waals surface area (Å²) in [4.78, 5) is 10.8. The van der Waals surface area contributed by atoms with Gasteiger partial charge < -0.3 is 5.11 Å². The van der Waals surface area contributed by atoms with E-state index in [4.69, 9.17) is 16.7 Å². The van der Waals surface area contributed by atoms with Gasteiger partial charge in [0, 0.05) is 8.96 Å². The van der Waals surface area contributed by atoms with Crippen LogP contribution in [0.3, 0.4) is 0 Å². The minimum atomic E-state index is -1.13. The number of rotatable bonds is 1. The van der Waals surface area contributed by atoms with Crippen LogP contribution in [0.15, 0.2) is 12.1 Å². The van der Waals surface area contributed by atoms with Crippen LogP contribution in [-0.4, -0.2) is 11.1 Å². The number of hydrogen-bond acceptors (Lipinski definition) is 2.